The normalized spacial score (nSPS) is 23.3. The van der Waals surface area contributed by atoms with Crippen LogP contribution in [-0.2, 0) is 9.53 Å². The predicted octanol–water partition coefficient (Wildman–Crippen LogP) is 2.77. The third kappa shape index (κ3) is 3.98. The zero-order chi connectivity index (χ0) is 23.0. The van der Waals surface area contributed by atoms with Gasteiger partial charge in [0, 0.05) is 19.8 Å². The quantitative estimate of drug-likeness (QED) is 0.669. The molecule has 2 aromatic rings. The molecule has 3 fully saturated rings. The summed E-state index contributed by atoms with van der Waals surface area (Å²) in [6.07, 6.45) is 5.23. The summed E-state index contributed by atoms with van der Waals surface area (Å²) in [6.45, 7) is 7.18. The first-order chi connectivity index (χ1) is 15.2. The smallest absolute Gasteiger partial charge is 0.325 e. The van der Waals surface area contributed by atoms with Crippen molar-refractivity contribution in [2.45, 2.75) is 40.0 Å². The summed E-state index contributed by atoms with van der Waals surface area (Å²) < 4.78 is 6.53. The summed E-state index contributed by atoms with van der Waals surface area (Å²) >= 11 is 0. The molecule has 0 spiro atoms. The molecule has 8 nitrogen and oxygen atoms in total. The van der Waals surface area contributed by atoms with Gasteiger partial charge in [0.05, 0.1) is 6.61 Å². The van der Waals surface area contributed by atoms with Crippen molar-refractivity contribution in [1.82, 2.24) is 19.6 Å². The number of aromatic nitrogens is 2. The second-order valence-electron chi connectivity index (χ2n) is 9.64. The Bertz CT molecular complexity index is 1040. The van der Waals surface area contributed by atoms with Gasteiger partial charge in [0.15, 0.2) is 0 Å². The Morgan fingerprint density at radius 3 is 2.75 bits per heavy atom. The second kappa shape index (κ2) is 8.56. The standard InChI is InChI=1S/C24H32N4O4/c1-5-32-21(29)14-27(4)23(31)18-13-28-19(7-6-8-20(28)26-18)22(30)25-12-15-9-10-16-11-17(15)24(16,2)3/h6-8,13,15-17H,5,9-12,14H2,1-4H3,(H,25,30)/t15-,16-,17-/m0/s1. The predicted molar refractivity (Wildman–Crippen MR) is 119 cm³/mol. The minimum atomic E-state index is -0.476. The number of ether oxygens (including phenoxy) is 1. The minimum Gasteiger partial charge on any atom is -0.465 e. The summed E-state index contributed by atoms with van der Waals surface area (Å²) in [4.78, 5) is 43.0. The van der Waals surface area contributed by atoms with Crippen molar-refractivity contribution in [3.63, 3.8) is 0 Å². The van der Waals surface area contributed by atoms with Crippen LogP contribution in [0.4, 0.5) is 0 Å². The molecule has 32 heavy (non-hydrogen) atoms. The van der Waals surface area contributed by atoms with Crippen LogP contribution in [0.2, 0.25) is 0 Å². The number of esters is 1. The van der Waals surface area contributed by atoms with Crippen molar-refractivity contribution < 1.29 is 19.1 Å². The van der Waals surface area contributed by atoms with Crippen molar-refractivity contribution in [2.75, 3.05) is 26.7 Å². The lowest BCUT2D eigenvalue weighted by Crippen LogP contribution is -2.54. The lowest BCUT2D eigenvalue weighted by Gasteiger charge is -2.60. The van der Waals surface area contributed by atoms with Gasteiger partial charge in [-0.3, -0.25) is 18.8 Å². The first-order valence-corrected chi connectivity index (χ1v) is 11.4. The van der Waals surface area contributed by atoms with Crippen LogP contribution in [0.25, 0.3) is 5.65 Å². The van der Waals surface area contributed by atoms with Crippen LogP contribution in [0, 0.1) is 23.2 Å². The molecule has 8 heteroatoms. The van der Waals surface area contributed by atoms with E-state index in [1.165, 1.54) is 31.2 Å². The highest BCUT2D eigenvalue weighted by Crippen LogP contribution is 2.61. The van der Waals surface area contributed by atoms with Crippen molar-refractivity contribution in [3.05, 3.63) is 35.8 Å². The van der Waals surface area contributed by atoms with Crippen LogP contribution in [0.3, 0.4) is 0 Å². The van der Waals surface area contributed by atoms with Gasteiger partial charge in [0.2, 0.25) is 0 Å². The molecule has 2 amide bonds. The molecule has 0 aliphatic heterocycles. The van der Waals surface area contributed by atoms with Gasteiger partial charge in [0.1, 0.15) is 23.6 Å². The number of fused-ring (bicyclic) bond motifs is 3. The Hall–Kier alpha value is -2.90. The molecular formula is C24H32N4O4. The Morgan fingerprint density at radius 1 is 1.28 bits per heavy atom. The van der Waals surface area contributed by atoms with Crippen LogP contribution >= 0.6 is 0 Å². The Balaban J connectivity index is 1.45. The fourth-order valence-electron chi connectivity index (χ4n) is 5.49. The third-order valence-corrected chi connectivity index (χ3v) is 7.49. The summed E-state index contributed by atoms with van der Waals surface area (Å²) in [7, 11) is 1.52. The molecule has 2 bridgehead atoms. The van der Waals surface area contributed by atoms with Gasteiger partial charge in [-0.05, 0) is 61.5 Å². The molecular weight excluding hydrogens is 408 g/mol. The minimum absolute atomic E-state index is 0.159. The Morgan fingerprint density at radius 2 is 2.06 bits per heavy atom. The number of hydrogen-bond acceptors (Lipinski definition) is 5. The molecule has 5 rings (SSSR count). The molecule has 0 radical (unpaired) electrons. The molecule has 3 aliphatic carbocycles. The number of carbonyl (C=O) groups excluding carboxylic acids is 3. The molecule has 1 N–H and O–H groups in total. The van der Waals surface area contributed by atoms with Crippen LogP contribution in [0.1, 0.15) is 61.0 Å². The van der Waals surface area contributed by atoms with E-state index in [0.717, 1.165) is 5.92 Å². The molecule has 2 aromatic heterocycles. The average Bonchev–Trinajstić information content (AvgIpc) is 3.21. The number of rotatable bonds is 7. The fourth-order valence-corrected chi connectivity index (χ4v) is 5.49. The summed E-state index contributed by atoms with van der Waals surface area (Å²) in [6, 6.07) is 5.23. The molecule has 2 heterocycles. The van der Waals surface area contributed by atoms with Crippen LogP contribution in [0.5, 0.6) is 0 Å². The van der Waals surface area contributed by atoms with E-state index in [-0.39, 0.29) is 24.8 Å². The highest BCUT2D eigenvalue weighted by molar-refractivity contribution is 5.96. The van der Waals surface area contributed by atoms with Crippen molar-refractivity contribution in [1.29, 1.82) is 0 Å². The van der Waals surface area contributed by atoms with Crippen LogP contribution < -0.4 is 5.32 Å². The number of imidazole rings is 1. The average molecular weight is 441 g/mol. The van der Waals surface area contributed by atoms with Crippen LogP contribution in [-0.4, -0.2) is 58.8 Å². The van der Waals surface area contributed by atoms with Crippen molar-refractivity contribution in [3.8, 4) is 0 Å². The van der Waals surface area contributed by atoms with Gasteiger partial charge in [0.25, 0.3) is 11.8 Å². The van der Waals surface area contributed by atoms with Crippen molar-refractivity contribution >= 4 is 23.4 Å². The number of hydrogen-bond donors (Lipinski definition) is 1. The van der Waals surface area contributed by atoms with E-state index in [1.54, 1.807) is 35.7 Å². The van der Waals surface area contributed by atoms with E-state index < -0.39 is 11.9 Å². The maximum absolute atomic E-state index is 13.0. The second-order valence-corrected chi connectivity index (χ2v) is 9.64. The van der Waals surface area contributed by atoms with E-state index in [0.29, 0.717) is 35.1 Å². The number of pyridine rings is 1. The summed E-state index contributed by atoms with van der Waals surface area (Å²) in [5.41, 5.74) is 1.49. The number of carbonyl (C=O) groups is 3. The topological polar surface area (TPSA) is 93.0 Å². The zero-order valence-electron chi connectivity index (χ0n) is 19.3. The molecule has 3 atom stereocenters. The fraction of sp³-hybridized carbons (Fsp3) is 0.583. The molecule has 3 aliphatic rings. The van der Waals surface area contributed by atoms with Gasteiger partial charge in [-0.1, -0.05) is 19.9 Å². The maximum Gasteiger partial charge on any atom is 0.325 e. The molecule has 0 aromatic carbocycles. The number of likely N-dealkylation sites (N-methyl/N-ethyl adjacent to an activating group) is 1. The van der Waals surface area contributed by atoms with Crippen LogP contribution in [0.15, 0.2) is 24.4 Å². The van der Waals surface area contributed by atoms with Gasteiger partial charge in [-0.25, -0.2) is 4.98 Å². The summed E-state index contributed by atoms with van der Waals surface area (Å²) in [5, 5.41) is 3.11. The molecule has 3 saturated carbocycles. The number of amides is 2. The molecule has 0 unspecified atom stereocenters. The Kier molecular flexibility index (Phi) is 5.97. The van der Waals surface area contributed by atoms with E-state index in [9.17, 15) is 14.4 Å². The number of nitrogens with one attached hydrogen (secondary N) is 1. The Labute approximate surface area is 188 Å². The SMILES string of the molecule is CCOC(=O)CN(C)C(=O)c1cn2c(C(=O)NC[C@@H]3CC[C@H]4C[C@@H]3C4(C)C)cccc2n1. The highest BCUT2D eigenvalue weighted by atomic mass is 16.5. The van der Waals surface area contributed by atoms with E-state index in [1.807, 2.05) is 0 Å². The largest absolute Gasteiger partial charge is 0.465 e. The zero-order valence-corrected chi connectivity index (χ0v) is 19.3. The van der Waals surface area contributed by atoms with Crippen molar-refractivity contribution in [2.24, 2.45) is 23.2 Å². The van der Waals surface area contributed by atoms with E-state index >= 15 is 0 Å². The first-order valence-electron chi connectivity index (χ1n) is 11.4. The van der Waals surface area contributed by atoms with Gasteiger partial charge in [-0.2, -0.15) is 0 Å². The maximum atomic E-state index is 13.0. The monoisotopic (exact) mass is 440 g/mol. The van der Waals surface area contributed by atoms with Gasteiger partial charge < -0.3 is 15.0 Å². The third-order valence-electron chi connectivity index (χ3n) is 7.49. The molecule has 172 valence electrons. The lowest BCUT2D eigenvalue weighted by molar-refractivity contribution is -0.143. The highest BCUT2D eigenvalue weighted by Gasteiger charge is 2.53. The van der Waals surface area contributed by atoms with Gasteiger partial charge >= 0.3 is 5.97 Å². The van der Waals surface area contributed by atoms with E-state index in [4.69, 9.17) is 4.74 Å². The molecule has 0 saturated heterocycles. The number of nitrogens with zero attached hydrogens (tertiary/aromatic N) is 3. The van der Waals surface area contributed by atoms with Gasteiger partial charge in [-0.15, -0.1) is 0 Å². The first kappa shape index (κ1) is 22.3. The lowest BCUT2D eigenvalue weighted by atomic mass is 9.45. The van der Waals surface area contributed by atoms with E-state index in [2.05, 4.69) is 24.1 Å². The summed E-state index contributed by atoms with van der Waals surface area (Å²) in [5.74, 6) is 0.954.